The van der Waals surface area contributed by atoms with E-state index < -0.39 is 0 Å². The molecule has 0 fully saturated rings. The summed E-state index contributed by atoms with van der Waals surface area (Å²) in [5.74, 6) is 0.566. The van der Waals surface area contributed by atoms with Gasteiger partial charge in [-0.1, -0.05) is 50.3 Å². The molecule has 0 amide bonds. The summed E-state index contributed by atoms with van der Waals surface area (Å²) < 4.78 is 0. The first-order valence-corrected chi connectivity index (χ1v) is 5.10. The summed E-state index contributed by atoms with van der Waals surface area (Å²) in [6, 6.07) is 8.62. The molecule has 1 aliphatic rings. The van der Waals surface area contributed by atoms with Crippen LogP contribution in [0.3, 0.4) is 0 Å². The molecule has 0 spiro atoms. The Morgan fingerprint density at radius 3 is 2.86 bits per heavy atom. The SMILES string of the molecule is CCCCC1[C-]=Cc2ccccc21.[K+]. The molecule has 1 aliphatic carbocycles. The Morgan fingerprint density at radius 1 is 1.29 bits per heavy atom. The fourth-order valence-corrected chi connectivity index (χ4v) is 1.89. The van der Waals surface area contributed by atoms with E-state index >= 15 is 0 Å². The van der Waals surface area contributed by atoms with Crippen molar-refractivity contribution in [3.8, 4) is 0 Å². The van der Waals surface area contributed by atoms with Crippen molar-refractivity contribution < 1.29 is 51.4 Å². The fraction of sp³-hybridized carbons (Fsp3) is 0.385. The van der Waals surface area contributed by atoms with Gasteiger partial charge in [0, 0.05) is 0 Å². The molecule has 1 aromatic carbocycles. The first kappa shape index (κ1) is 12.7. The molecule has 0 nitrogen and oxygen atoms in total. The molecule has 0 saturated carbocycles. The molecule has 0 N–H and O–H groups in total. The average Bonchev–Trinajstić information content (AvgIpc) is 2.58. The third-order valence-corrected chi connectivity index (χ3v) is 2.66. The van der Waals surface area contributed by atoms with Crippen LogP contribution in [-0.4, -0.2) is 0 Å². The van der Waals surface area contributed by atoms with Crippen LogP contribution < -0.4 is 51.4 Å². The molecule has 0 heterocycles. The summed E-state index contributed by atoms with van der Waals surface area (Å²) >= 11 is 0. The van der Waals surface area contributed by atoms with Gasteiger partial charge in [0.2, 0.25) is 0 Å². The topological polar surface area (TPSA) is 0 Å². The standard InChI is InChI=1S/C13H15.K/c1-2-3-6-11-9-10-12-7-4-5-8-13(11)12;/h4-5,7-8,10-11H,2-3,6H2,1H3;/q-1;+1. The Balaban J connectivity index is 0.000000980. The molecule has 0 bridgehead atoms. The van der Waals surface area contributed by atoms with Crippen LogP contribution in [0.5, 0.6) is 0 Å². The van der Waals surface area contributed by atoms with Gasteiger partial charge >= 0.3 is 51.4 Å². The monoisotopic (exact) mass is 210 g/mol. The van der Waals surface area contributed by atoms with Gasteiger partial charge in [0.15, 0.2) is 0 Å². The third kappa shape index (κ3) is 2.80. The molecule has 1 atom stereocenters. The minimum absolute atomic E-state index is 0. The number of fused-ring (bicyclic) bond motifs is 1. The van der Waals surface area contributed by atoms with E-state index in [1.54, 1.807) is 0 Å². The minimum Gasteiger partial charge on any atom is -0.268 e. The normalized spacial score (nSPS) is 17.6. The van der Waals surface area contributed by atoms with Crippen LogP contribution in [0.4, 0.5) is 0 Å². The second-order valence-corrected chi connectivity index (χ2v) is 3.63. The van der Waals surface area contributed by atoms with Gasteiger partial charge in [-0.15, -0.1) is 11.6 Å². The molecule has 2 rings (SSSR count). The molecule has 1 aromatic rings. The number of rotatable bonds is 3. The van der Waals surface area contributed by atoms with Crippen molar-refractivity contribution in [2.75, 3.05) is 0 Å². The molecular formula is C13H15K. The van der Waals surface area contributed by atoms with Crippen molar-refractivity contribution in [1.82, 2.24) is 0 Å². The summed E-state index contributed by atoms with van der Waals surface area (Å²) in [6.45, 7) is 2.24. The Morgan fingerprint density at radius 2 is 2.07 bits per heavy atom. The zero-order valence-electron chi connectivity index (χ0n) is 9.09. The van der Waals surface area contributed by atoms with Crippen LogP contribution in [0.25, 0.3) is 6.08 Å². The van der Waals surface area contributed by atoms with Gasteiger partial charge in [-0.05, 0) is 0 Å². The van der Waals surface area contributed by atoms with E-state index in [1.165, 1.54) is 30.4 Å². The van der Waals surface area contributed by atoms with Gasteiger partial charge < -0.3 is 0 Å². The quantitative estimate of drug-likeness (QED) is 0.511. The van der Waals surface area contributed by atoms with Crippen molar-refractivity contribution in [3.63, 3.8) is 0 Å². The summed E-state index contributed by atoms with van der Waals surface area (Å²) in [7, 11) is 0. The molecule has 14 heavy (non-hydrogen) atoms. The molecular weight excluding hydrogens is 195 g/mol. The van der Waals surface area contributed by atoms with Crippen LogP contribution in [0.1, 0.15) is 43.2 Å². The van der Waals surface area contributed by atoms with Gasteiger partial charge in [0.25, 0.3) is 0 Å². The Labute approximate surface area is 129 Å². The first-order valence-electron chi connectivity index (χ1n) is 5.10. The summed E-state index contributed by atoms with van der Waals surface area (Å²) in [4.78, 5) is 0. The van der Waals surface area contributed by atoms with Crippen LogP contribution in [-0.2, 0) is 0 Å². The van der Waals surface area contributed by atoms with Crippen LogP contribution in [0.15, 0.2) is 24.3 Å². The van der Waals surface area contributed by atoms with E-state index in [2.05, 4.69) is 43.3 Å². The first-order chi connectivity index (χ1) is 6.42. The van der Waals surface area contributed by atoms with Crippen molar-refractivity contribution >= 4 is 6.08 Å². The van der Waals surface area contributed by atoms with Crippen molar-refractivity contribution in [3.05, 3.63) is 41.5 Å². The zero-order valence-corrected chi connectivity index (χ0v) is 12.2. The largest absolute Gasteiger partial charge is 1.00 e. The second kappa shape index (κ2) is 6.24. The molecule has 0 aromatic heterocycles. The molecule has 68 valence electrons. The number of benzene rings is 1. The summed E-state index contributed by atoms with van der Waals surface area (Å²) in [5.41, 5.74) is 2.83. The van der Waals surface area contributed by atoms with E-state index in [9.17, 15) is 0 Å². The van der Waals surface area contributed by atoms with Crippen LogP contribution in [0.2, 0.25) is 0 Å². The molecule has 0 radical (unpaired) electrons. The van der Waals surface area contributed by atoms with Gasteiger partial charge in [-0.25, -0.2) is 6.08 Å². The van der Waals surface area contributed by atoms with E-state index in [0.29, 0.717) is 5.92 Å². The maximum absolute atomic E-state index is 3.43. The summed E-state index contributed by atoms with van der Waals surface area (Å²) in [5, 5.41) is 0. The predicted molar refractivity (Wildman–Crippen MR) is 56.4 cm³/mol. The van der Waals surface area contributed by atoms with Gasteiger partial charge in [-0.3, -0.25) is 6.08 Å². The van der Waals surface area contributed by atoms with E-state index in [-0.39, 0.29) is 51.4 Å². The van der Waals surface area contributed by atoms with Gasteiger partial charge in [-0.2, -0.15) is 5.56 Å². The van der Waals surface area contributed by atoms with Gasteiger partial charge in [0.05, 0.1) is 0 Å². The van der Waals surface area contributed by atoms with Crippen LogP contribution in [0, 0.1) is 6.08 Å². The fourth-order valence-electron chi connectivity index (χ4n) is 1.89. The number of allylic oxidation sites excluding steroid dienone is 1. The van der Waals surface area contributed by atoms with Gasteiger partial charge in [0.1, 0.15) is 0 Å². The molecule has 1 heteroatoms. The molecule has 1 unspecified atom stereocenters. The smallest absolute Gasteiger partial charge is 0.268 e. The average molecular weight is 210 g/mol. The number of hydrogen-bond donors (Lipinski definition) is 0. The molecule has 0 saturated heterocycles. The van der Waals surface area contributed by atoms with Crippen molar-refractivity contribution in [2.24, 2.45) is 0 Å². The van der Waals surface area contributed by atoms with E-state index in [0.717, 1.165) is 0 Å². The van der Waals surface area contributed by atoms with E-state index in [1.807, 2.05) is 0 Å². The minimum atomic E-state index is 0. The Kier molecular flexibility index (Phi) is 5.64. The zero-order chi connectivity index (χ0) is 9.10. The Hall–Kier alpha value is 0.596. The molecule has 0 aliphatic heterocycles. The van der Waals surface area contributed by atoms with Crippen molar-refractivity contribution in [1.29, 1.82) is 0 Å². The Bertz CT molecular complexity index is 315. The van der Waals surface area contributed by atoms with Crippen molar-refractivity contribution in [2.45, 2.75) is 32.1 Å². The maximum Gasteiger partial charge on any atom is 1.00 e. The number of hydrogen-bond acceptors (Lipinski definition) is 0. The summed E-state index contributed by atoms with van der Waals surface area (Å²) in [6.07, 6.45) is 9.40. The third-order valence-electron chi connectivity index (χ3n) is 2.66. The predicted octanol–water partition coefficient (Wildman–Crippen LogP) is 0.794. The second-order valence-electron chi connectivity index (χ2n) is 3.63. The van der Waals surface area contributed by atoms with Crippen LogP contribution >= 0.6 is 0 Å². The maximum atomic E-state index is 3.43. The van der Waals surface area contributed by atoms with E-state index in [4.69, 9.17) is 0 Å². The number of unbranched alkanes of at least 4 members (excludes halogenated alkanes) is 1.